The number of amides is 1. The summed E-state index contributed by atoms with van der Waals surface area (Å²) in [6, 6.07) is 0.683. The van der Waals surface area contributed by atoms with Crippen molar-refractivity contribution >= 4 is 6.09 Å². The number of hydrogen-bond acceptors (Lipinski definition) is 4. The average Bonchev–Trinajstić information content (AvgIpc) is 2.83. The Morgan fingerprint density at radius 2 is 1.74 bits per heavy atom. The van der Waals surface area contributed by atoms with Crippen molar-refractivity contribution in [1.82, 2.24) is 9.80 Å². The molecule has 108 valence electrons. The minimum Gasteiger partial charge on any atom is -0.444 e. The topological polar surface area (TPSA) is 42.0 Å². The molecule has 0 aromatic rings. The monoisotopic (exact) mass is 268 g/mol. The van der Waals surface area contributed by atoms with Gasteiger partial charge >= 0.3 is 6.09 Å². The average molecular weight is 268 g/mol. The van der Waals surface area contributed by atoms with E-state index in [1.54, 1.807) is 0 Å². The predicted octanol–water partition coefficient (Wildman–Crippen LogP) is 1.18. The van der Waals surface area contributed by atoms with Crippen molar-refractivity contribution in [2.24, 2.45) is 11.8 Å². The summed E-state index contributed by atoms with van der Waals surface area (Å²) in [5, 5.41) is 0. The Balaban J connectivity index is 1.48. The second-order valence-corrected chi connectivity index (χ2v) is 6.85. The third kappa shape index (κ3) is 2.72. The molecule has 19 heavy (non-hydrogen) atoms. The lowest BCUT2D eigenvalue weighted by Crippen LogP contribution is -2.43. The molecule has 3 aliphatic rings. The van der Waals surface area contributed by atoms with E-state index < -0.39 is 5.60 Å². The van der Waals surface area contributed by atoms with Gasteiger partial charge in [-0.25, -0.2) is 4.79 Å². The molecular formula is C14H24N2O3. The molecule has 0 aromatic carbocycles. The molecule has 0 N–H and O–H groups in total. The molecule has 3 rings (SSSR count). The van der Waals surface area contributed by atoms with Gasteiger partial charge in [-0.3, -0.25) is 4.90 Å². The number of carbonyl (C=O) groups is 1. The zero-order valence-electron chi connectivity index (χ0n) is 12.1. The Morgan fingerprint density at radius 3 is 2.26 bits per heavy atom. The van der Waals surface area contributed by atoms with Crippen LogP contribution in [0.1, 0.15) is 20.8 Å². The summed E-state index contributed by atoms with van der Waals surface area (Å²) in [4.78, 5) is 16.4. The first-order valence-electron chi connectivity index (χ1n) is 7.25. The van der Waals surface area contributed by atoms with Crippen molar-refractivity contribution in [3.8, 4) is 0 Å². The molecule has 2 saturated heterocycles. The first-order chi connectivity index (χ1) is 8.96. The van der Waals surface area contributed by atoms with Gasteiger partial charge in [0.25, 0.3) is 0 Å². The first-order valence-corrected chi connectivity index (χ1v) is 7.25. The van der Waals surface area contributed by atoms with Crippen molar-refractivity contribution in [3.63, 3.8) is 0 Å². The Labute approximate surface area is 114 Å². The van der Waals surface area contributed by atoms with Crippen LogP contribution in [0.25, 0.3) is 0 Å². The number of nitrogens with zero attached hydrogens (tertiary/aromatic N) is 2. The highest BCUT2D eigenvalue weighted by molar-refractivity contribution is 5.69. The van der Waals surface area contributed by atoms with E-state index in [1.807, 2.05) is 25.7 Å². The molecule has 3 fully saturated rings. The zero-order valence-corrected chi connectivity index (χ0v) is 12.1. The number of fused-ring (bicyclic) bond motifs is 1. The lowest BCUT2D eigenvalue weighted by Gasteiger charge is -2.31. The van der Waals surface area contributed by atoms with Gasteiger partial charge in [0.1, 0.15) is 5.60 Å². The van der Waals surface area contributed by atoms with Crippen molar-refractivity contribution in [1.29, 1.82) is 0 Å². The van der Waals surface area contributed by atoms with Gasteiger partial charge in [0.2, 0.25) is 0 Å². The van der Waals surface area contributed by atoms with Gasteiger partial charge in [-0.15, -0.1) is 0 Å². The summed E-state index contributed by atoms with van der Waals surface area (Å²) in [5.41, 5.74) is -0.395. The predicted molar refractivity (Wildman–Crippen MR) is 71.0 cm³/mol. The van der Waals surface area contributed by atoms with Crippen molar-refractivity contribution in [2.45, 2.75) is 32.4 Å². The number of hydrogen-bond donors (Lipinski definition) is 0. The molecule has 1 amide bonds. The first kappa shape index (κ1) is 13.2. The van der Waals surface area contributed by atoms with E-state index >= 15 is 0 Å². The molecule has 2 aliphatic heterocycles. The molecule has 0 radical (unpaired) electrons. The van der Waals surface area contributed by atoms with Crippen LogP contribution in [0.2, 0.25) is 0 Å². The smallest absolute Gasteiger partial charge is 0.410 e. The quantitative estimate of drug-likeness (QED) is 0.716. The van der Waals surface area contributed by atoms with Crippen LogP contribution in [-0.4, -0.2) is 66.9 Å². The SMILES string of the molecule is CC(C)(C)OC(=O)N1CC2C(C1)C2N1CCOCC1. The van der Waals surface area contributed by atoms with Crippen LogP contribution in [0.5, 0.6) is 0 Å². The second kappa shape index (κ2) is 4.63. The van der Waals surface area contributed by atoms with Crippen molar-refractivity contribution < 1.29 is 14.3 Å². The van der Waals surface area contributed by atoms with Gasteiger partial charge in [0, 0.05) is 32.2 Å². The lowest BCUT2D eigenvalue weighted by molar-refractivity contribution is 0.0151. The van der Waals surface area contributed by atoms with Crippen LogP contribution < -0.4 is 0 Å². The van der Waals surface area contributed by atoms with Crippen molar-refractivity contribution in [3.05, 3.63) is 0 Å². The van der Waals surface area contributed by atoms with E-state index in [9.17, 15) is 4.79 Å². The number of morpholine rings is 1. The Kier molecular flexibility index (Phi) is 3.21. The molecule has 1 aliphatic carbocycles. The van der Waals surface area contributed by atoms with Gasteiger partial charge in [-0.05, 0) is 32.6 Å². The van der Waals surface area contributed by atoms with Crippen LogP contribution >= 0.6 is 0 Å². The Bertz CT molecular complexity index is 348. The third-order valence-corrected chi connectivity index (χ3v) is 4.27. The standard InChI is InChI=1S/C14H24N2O3/c1-14(2,3)19-13(17)16-8-10-11(9-16)12(10)15-4-6-18-7-5-15/h10-12H,4-9H2,1-3H3. The molecule has 5 nitrogen and oxygen atoms in total. The number of piperidine rings is 1. The highest BCUT2D eigenvalue weighted by Crippen LogP contribution is 2.49. The van der Waals surface area contributed by atoms with Gasteiger partial charge in [0.15, 0.2) is 0 Å². The summed E-state index contributed by atoms with van der Waals surface area (Å²) in [6.07, 6.45) is -0.152. The number of rotatable bonds is 1. The summed E-state index contributed by atoms with van der Waals surface area (Å²) >= 11 is 0. The minimum atomic E-state index is -0.395. The molecule has 1 saturated carbocycles. The fraction of sp³-hybridized carbons (Fsp3) is 0.929. The maximum Gasteiger partial charge on any atom is 0.410 e. The normalized spacial score (nSPS) is 35.1. The third-order valence-electron chi connectivity index (χ3n) is 4.27. The molecule has 0 aromatic heterocycles. The van der Waals surface area contributed by atoms with Gasteiger partial charge in [-0.1, -0.05) is 0 Å². The minimum absolute atomic E-state index is 0.152. The fourth-order valence-corrected chi connectivity index (χ4v) is 3.39. The number of ether oxygens (including phenoxy) is 2. The molecule has 5 heteroatoms. The highest BCUT2D eigenvalue weighted by atomic mass is 16.6. The van der Waals surface area contributed by atoms with Crippen LogP contribution in [-0.2, 0) is 9.47 Å². The largest absolute Gasteiger partial charge is 0.444 e. The van der Waals surface area contributed by atoms with Crippen LogP contribution in [0.3, 0.4) is 0 Å². The van der Waals surface area contributed by atoms with E-state index in [1.165, 1.54) is 0 Å². The van der Waals surface area contributed by atoms with Crippen LogP contribution in [0.4, 0.5) is 4.79 Å². The van der Waals surface area contributed by atoms with E-state index in [4.69, 9.17) is 9.47 Å². The zero-order chi connectivity index (χ0) is 13.6. The van der Waals surface area contributed by atoms with Gasteiger partial charge in [-0.2, -0.15) is 0 Å². The van der Waals surface area contributed by atoms with E-state index in [0.717, 1.165) is 39.4 Å². The van der Waals surface area contributed by atoms with E-state index in [-0.39, 0.29) is 6.09 Å². The fourth-order valence-electron chi connectivity index (χ4n) is 3.39. The van der Waals surface area contributed by atoms with Gasteiger partial charge < -0.3 is 14.4 Å². The highest BCUT2D eigenvalue weighted by Gasteiger charge is 2.59. The molecule has 2 atom stereocenters. The number of carbonyl (C=O) groups excluding carboxylic acids is 1. The summed E-state index contributed by atoms with van der Waals surface area (Å²) in [6.45, 7) is 11.3. The Morgan fingerprint density at radius 1 is 1.16 bits per heavy atom. The molecule has 2 heterocycles. The van der Waals surface area contributed by atoms with E-state index in [0.29, 0.717) is 17.9 Å². The van der Waals surface area contributed by atoms with Crippen LogP contribution in [0, 0.1) is 11.8 Å². The molecule has 0 spiro atoms. The summed E-state index contributed by atoms with van der Waals surface area (Å²) in [7, 11) is 0. The maximum atomic E-state index is 12.0. The van der Waals surface area contributed by atoms with Crippen molar-refractivity contribution in [2.75, 3.05) is 39.4 Å². The molecular weight excluding hydrogens is 244 g/mol. The maximum absolute atomic E-state index is 12.0. The van der Waals surface area contributed by atoms with E-state index in [2.05, 4.69) is 4.90 Å². The number of likely N-dealkylation sites (tertiary alicyclic amines) is 1. The lowest BCUT2D eigenvalue weighted by atomic mass is 10.2. The van der Waals surface area contributed by atoms with Gasteiger partial charge in [0.05, 0.1) is 13.2 Å². The summed E-state index contributed by atoms with van der Waals surface area (Å²) < 4.78 is 10.8. The van der Waals surface area contributed by atoms with Crippen LogP contribution in [0.15, 0.2) is 0 Å². The molecule has 0 bridgehead atoms. The molecule has 2 unspecified atom stereocenters. The second-order valence-electron chi connectivity index (χ2n) is 6.85. The Hall–Kier alpha value is -0.810. The summed E-state index contributed by atoms with van der Waals surface area (Å²) in [5.74, 6) is 1.32.